The third kappa shape index (κ3) is 3.43. The quantitative estimate of drug-likeness (QED) is 0.661. The van der Waals surface area contributed by atoms with E-state index >= 15 is 0 Å². The number of aryl methyl sites for hydroxylation is 2. The smallest absolute Gasteiger partial charge is 0.280 e. The standard InChI is InChI=1S/C22H19ClN4O2/c1-13-5-4-6-18(11-13)27-22(29)20(15(3)25-27)12-19-14(2)24-26(21(19)28)17-9-7-16(23)8-10-17/h4-12,24H,1-3H3. The fraction of sp³-hybridized carbons (Fsp3) is 0.136. The Hall–Kier alpha value is -3.38. The molecule has 0 saturated heterocycles. The third-order valence-corrected chi connectivity index (χ3v) is 5.05. The fourth-order valence-electron chi connectivity index (χ4n) is 3.26. The predicted octanol–water partition coefficient (Wildman–Crippen LogP) is 4.24. The Morgan fingerprint density at radius 3 is 2.41 bits per heavy atom. The van der Waals surface area contributed by atoms with E-state index in [4.69, 9.17) is 11.6 Å². The zero-order valence-corrected chi connectivity index (χ0v) is 17.0. The van der Waals surface area contributed by atoms with Crippen molar-refractivity contribution in [2.45, 2.75) is 20.8 Å². The second-order valence-electron chi connectivity index (χ2n) is 6.97. The van der Waals surface area contributed by atoms with Gasteiger partial charge in [0.2, 0.25) is 0 Å². The summed E-state index contributed by atoms with van der Waals surface area (Å²) in [5.41, 5.74) is 4.19. The zero-order chi connectivity index (χ0) is 20.7. The van der Waals surface area contributed by atoms with Crippen molar-refractivity contribution in [2.24, 2.45) is 5.10 Å². The molecule has 1 aliphatic heterocycles. The van der Waals surface area contributed by atoms with Crippen molar-refractivity contribution in [1.82, 2.24) is 9.78 Å². The molecule has 7 heteroatoms. The molecular formula is C22H19ClN4O2. The first kappa shape index (κ1) is 19.0. The molecule has 3 aromatic rings. The van der Waals surface area contributed by atoms with Crippen molar-refractivity contribution in [3.05, 3.63) is 86.3 Å². The van der Waals surface area contributed by atoms with Crippen molar-refractivity contribution in [1.29, 1.82) is 0 Å². The molecule has 2 heterocycles. The minimum Gasteiger partial charge on any atom is -0.295 e. The normalized spacial score (nSPS) is 15.3. The number of H-pyrrole nitrogens is 1. The Morgan fingerprint density at radius 2 is 1.72 bits per heavy atom. The van der Waals surface area contributed by atoms with Gasteiger partial charge in [-0.25, -0.2) is 4.68 Å². The van der Waals surface area contributed by atoms with Crippen molar-refractivity contribution >= 4 is 35.0 Å². The number of rotatable bonds is 3. The van der Waals surface area contributed by atoms with E-state index in [1.165, 1.54) is 9.69 Å². The molecule has 1 N–H and O–H groups in total. The van der Waals surface area contributed by atoms with E-state index in [1.54, 1.807) is 44.2 Å². The van der Waals surface area contributed by atoms with Crippen LogP contribution in [0.4, 0.5) is 5.69 Å². The summed E-state index contributed by atoms with van der Waals surface area (Å²) >= 11 is 5.93. The van der Waals surface area contributed by atoms with E-state index in [2.05, 4.69) is 10.2 Å². The van der Waals surface area contributed by atoms with Gasteiger partial charge in [0.05, 0.1) is 28.2 Å². The number of halogens is 1. The maximum absolute atomic E-state index is 13.0. The molecule has 146 valence electrons. The molecule has 0 saturated carbocycles. The van der Waals surface area contributed by atoms with Crippen LogP contribution in [0.1, 0.15) is 23.7 Å². The number of hydrazone groups is 1. The van der Waals surface area contributed by atoms with Crippen LogP contribution in [-0.4, -0.2) is 21.4 Å². The first-order valence-electron chi connectivity index (χ1n) is 9.11. The minimum atomic E-state index is -0.258. The van der Waals surface area contributed by atoms with Gasteiger partial charge in [0.15, 0.2) is 0 Å². The molecule has 2 aromatic carbocycles. The molecule has 0 bridgehead atoms. The van der Waals surface area contributed by atoms with Gasteiger partial charge < -0.3 is 0 Å². The SMILES string of the molecule is CC1=NN(c2cccc(C)c2)C(=O)C1=Cc1c(C)[nH]n(-c2ccc(Cl)cc2)c1=O. The molecule has 6 nitrogen and oxygen atoms in total. The van der Waals surface area contributed by atoms with Gasteiger partial charge in [-0.05, 0) is 68.8 Å². The summed E-state index contributed by atoms with van der Waals surface area (Å²) < 4.78 is 1.43. The van der Waals surface area contributed by atoms with Crippen LogP contribution in [0.15, 0.2) is 64.0 Å². The summed E-state index contributed by atoms with van der Waals surface area (Å²) in [6, 6.07) is 14.5. The summed E-state index contributed by atoms with van der Waals surface area (Å²) in [5.74, 6) is -0.258. The summed E-state index contributed by atoms with van der Waals surface area (Å²) in [6.45, 7) is 5.52. The molecule has 0 atom stereocenters. The highest BCUT2D eigenvalue weighted by molar-refractivity contribution is 6.32. The zero-order valence-electron chi connectivity index (χ0n) is 16.2. The lowest BCUT2D eigenvalue weighted by molar-refractivity contribution is -0.114. The van der Waals surface area contributed by atoms with E-state index < -0.39 is 0 Å². The topological polar surface area (TPSA) is 70.5 Å². The van der Waals surface area contributed by atoms with Crippen LogP contribution in [0, 0.1) is 13.8 Å². The van der Waals surface area contributed by atoms with Gasteiger partial charge in [-0.2, -0.15) is 10.1 Å². The molecule has 1 aliphatic rings. The van der Waals surface area contributed by atoms with Gasteiger partial charge in [-0.15, -0.1) is 0 Å². The number of nitrogens with zero attached hydrogens (tertiary/aromatic N) is 3. The average Bonchev–Trinajstić information content (AvgIpc) is 3.13. The van der Waals surface area contributed by atoms with Gasteiger partial charge >= 0.3 is 0 Å². The Morgan fingerprint density at radius 1 is 1.00 bits per heavy atom. The van der Waals surface area contributed by atoms with Crippen LogP contribution >= 0.6 is 11.6 Å². The number of carbonyl (C=O) groups excluding carboxylic acids is 1. The second kappa shape index (κ2) is 7.22. The molecule has 0 aliphatic carbocycles. The number of carbonyl (C=O) groups is 1. The number of benzene rings is 2. The fourth-order valence-corrected chi connectivity index (χ4v) is 3.39. The van der Waals surface area contributed by atoms with Crippen molar-refractivity contribution in [3.63, 3.8) is 0 Å². The molecule has 0 fully saturated rings. The molecule has 0 radical (unpaired) electrons. The number of hydrogen-bond acceptors (Lipinski definition) is 3. The van der Waals surface area contributed by atoms with E-state index in [9.17, 15) is 9.59 Å². The van der Waals surface area contributed by atoms with E-state index in [0.29, 0.717) is 38.9 Å². The predicted molar refractivity (Wildman–Crippen MR) is 116 cm³/mol. The number of hydrogen-bond donors (Lipinski definition) is 1. The Kier molecular flexibility index (Phi) is 4.72. The van der Waals surface area contributed by atoms with E-state index in [1.807, 2.05) is 31.2 Å². The van der Waals surface area contributed by atoms with Crippen LogP contribution in [0.2, 0.25) is 5.02 Å². The first-order chi connectivity index (χ1) is 13.8. The Balaban J connectivity index is 1.73. The highest BCUT2D eigenvalue weighted by Gasteiger charge is 2.29. The molecule has 0 spiro atoms. The Bertz CT molecular complexity index is 1230. The number of nitrogens with one attached hydrogen (secondary N) is 1. The molecule has 1 amide bonds. The van der Waals surface area contributed by atoms with Gasteiger partial charge in [0, 0.05) is 10.7 Å². The highest BCUT2D eigenvalue weighted by Crippen LogP contribution is 2.25. The summed E-state index contributed by atoms with van der Waals surface area (Å²) in [7, 11) is 0. The molecule has 0 unspecified atom stereocenters. The summed E-state index contributed by atoms with van der Waals surface area (Å²) in [6.07, 6.45) is 1.61. The lowest BCUT2D eigenvalue weighted by Gasteiger charge is -2.12. The summed E-state index contributed by atoms with van der Waals surface area (Å²) in [4.78, 5) is 25.9. The number of aromatic amines is 1. The molecule has 4 rings (SSSR count). The van der Waals surface area contributed by atoms with Crippen molar-refractivity contribution in [3.8, 4) is 5.69 Å². The van der Waals surface area contributed by atoms with Crippen molar-refractivity contribution < 1.29 is 4.79 Å². The summed E-state index contributed by atoms with van der Waals surface area (Å²) in [5, 5.41) is 9.40. The number of anilines is 1. The van der Waals surface area contributed by atoms with Crippen LogP contribution in [0.25, 0.3) is 11.8 Å². The van der Waals surface area contributed by atoms with E-state index in [-0.39, 0.29) is 11.5 Å². The maximum atomic E-state index is 13.0. The maximum Gasteiger partial charge on any atom is 0.280 e. The van der Waals surface area contributed by atoms with Crippen molar-refractivity contribution in [2.75, 3.05) is 5.01 Å². The van der Waals surface area contributed by atoms with E-state index in [0.717, 1.165) is 5.56 Å². The first-order valence-corrected chi connectivity index (χ1v) is 9.49. The molecule has 1 aromatic heterocycles. The number of aromatic nitrogens is 2. The third-order valence-electron chi connectivity index (χ3n) is 4.80. The van der Waals surface area contributed by atoms with Gasteiger partial charge in [-0.3, -0.25) is 14.7 Å². The largest absolute Gasteiger partial charge is 0.295 e. The molecular weight excluding hydrogens is 388 g/mol. The lowest BCUT2D eigenvalue weighted by Crippen LogP contribution is -2.22. The van der Waals surface area contributed by atoms with Crippen LogP contribution in [0.3, 0.4) is 0 Å². The van der Waals surface area contributed by atoms with Gasteiger partial charge in [0.1, 0.15) is 0 Å². The van der Waals surface area contributed by atoms with Crippen LogP contribution in [-0.2, 0) is 4.79 Å². The van der Waals surface area contributed by atoms with Crippen LogP contribution < -0.4 is 10.6 Å². The second-order valence-corrected chi connectivity index (χ2v) is 7.40. The monoisotopic (exact) mass is 406 g/mol. The highest BCUT2D eigenvalue weighted by atomic mass is 35.5. The average molecular weight is 407 g/mol. The minimum absolute atomic E-state index is 0.244. The van der Waals surface area contributed by atoms with Gasteiger partial charge in [-0.1, -0.05) is 23.7 Å². The lowest BCUT2D eigenvalue weighted by atomic mass is 10.1. The van der Waals surface area contributed by atoms with Crippen LogP contribution in [0.5, 0.6) is 0 Å². The number of amides is 1. The molecule has 29 heavy (non-hydrogen) atoms. The van der Waals surface area contributed by atoms with Gasteiger partial charge in [0.25, 0.3) is 11.5 Å². The Labute approximate surface area is 172 Å².